The molecule has 0 aliphatic heterocycles. The first-order valence-corrected chi connectivity index (χ1v) is 9.12. The maximum absolute atomic E-state index is 6.04. The Morgan fingerprint density at radius 1 is 0.750 bits per heavy atom. The van der Waals surface area contributed by atoms with E-state index in [4.69, 9.17) is 19.2 Å². The van der Waals surface area contributed by atoms with E-state index in [1.807, 2.05) is 60.7 Å². The largest absolute Gasteiger partial charge is 0.496 e. The fourth-order valence-electron chi connectivity index (χ4n) is 3.30. The maximum Gasteiger partial charge on any atom is 0.161 e. The Labute approximate surface area is 164 Å². The van der Waals surface area contributed by atoms with E-state index in [2.05, 4.69) is 16.7 Å². The van der Waals surface area contributed by atoms with Crippen LogP contribution in [-0.4, -0.2) is 23.8 Å². The molecule has 0 spiro atoms. The first-order valence-electron chi connectivity index (χ1n) is 9.12. The van der Waals surface area contributed by atoms with Crippen molar-refractivity contribution in [2.24, 2.45) is 0 Å². The van der Waals surface area contributed by atoms with Gasteiger partial charge >= 0.3 is 0 Å². The van der Waals surface area contributed by atoms with E-state index in [1.54, 1.807) is 14.2 Å². The molecule has 0 unspecified atom stereocenters. The van der Waals surface area contributed by atoms with Gasteiger partial charge in [0.1, 0.15) is 18.2 Å². The van der Waals surface area contributed by atoms with Gasteiger partial charge < -0.3 is 18.8 Å². The van der Waals surface area contributed by atoms with Crippen molar-refractivity contribution in [3.05, 3.63) is 84.2 Å². The van der Waals surface area contributed by atoms with Gasteiger partial charge in [-0.25, -0.2) is 4.98 Å². The number of methoxy groups -OCH3 is 2. The van der Waals surface area contributed by atoms with Crippen LogP contribution in [0.25, 0.3) is 11.0 Å². The molecular formula is C23H22N2O3. The molecule has 1 heterocycles. The molecule has 0 aliphatic carbocycles. The molecule has 0 fully saturated rings. The predicted octanol–water partition coefficient (Wildman–Crippen LogP) is 4.68. The summed E-state index contributed by atoms with van der Waals surface area (Å²) in [5.74, 6) is 3.10. The molecule has 0 saturated carbocycles. The Morgan fingerprint density at radius 2 is 1.39 bits per heavy atom. The van der Waals surface area contributed by atoms with Gasteiger partial charge in [-0.3, -0.25) is 0 Å². The zero-order chi connectivity index (χ0) is 19.3. The average Bonchev–Trinajstić information content (AvgIpc) is 3.10. The van der Waals surface area contributed by atoms with Crippen molar-refractivity contribution >= 4 is 11.0 Å². The topological polar surface area (TPSA) is 45.5 Å². The van der Waals surface area contributed by atoms with Gasteiger partial charge in [-0.2, -0.15) is 0 Å². The highest BCUT2D eigenvalue weighted by Crippen LogP contribution is 2.28. The third kappa shape index (κ3) is 3.51. The Bertz CT molecular complexity index is 1090. The number of fused-ring (bicyclic) bond motifs is 1. The number of nitrogens with zero attached hydrogens (tertiary/aromatic N) is 2. The molecule has 0 saturated heterocycles. The lowest BCUT2D eigenvalue weighted by Crippen LogP contribution is -2.09. The predicted molar refractivity (Wildman–Crippen MR) is 109 cm³/mol. The molecule has 0 amide bonds. The van der Waals surface area contributed by atoms with Crippen LogP contribution in [0.3, 0.4) is 0 Å². The molecule has 3 aromatic carbocycles. The van der Waals surface area contributed by atoms with Gasteiger partial charge in [-0.15, -0.1) is 0 Å². The van der Waals surface area contributed by atoms with Crippen LogP contribution in [0.15, 0.2) is 72.8 Å². The van der Waals surface area contributed by atoms with E-state index in [0.29, 0.717) is 24.7 Å². The highest BCUT2D eigenvalue weighted by Gasteiger charge is 2.14. The number of ether oxygens (including phenoxy) is 3. The molecule has 142 valence electrons. The van der Waals surface area contributed by atoms with E-state index in [1.165, 1.54) is 0 Å². The van der Waals surface area contributed by atoms with Gasteiger partial charge in [0.25, 0.3) is 0 Å². The summed E-state index contributed by atoms with van der Waals surface area (Å²) >= 11 is 0. The molecule has 0 N–H and O–H groups in total. The lowest BCUT2D eigenvalue weighted by Gasteiger charge is -2.14. The summed E-state index contributed by atoms with van der Waals surface area (Å²) in [7, 11) is 3.33. The van der Waals surface area contributed by atoms with Crippen molar-refractivity contribution < 1.29 is 14.2 Å². The third-order valence-electron chi connectivity index (χ3n) is 4.68. The van der Waals surface area contributed by atoms with E-state index in [0.717, 1.165) is 28.2 Å². The number of hydrogen-bond acceptors (Lipinski definition) is 4. The van der Waals surface area contributed by atoms with Crippen molar-refractivity contribution in [1.82, 2.24) is 9.55 Å². The minimum Gasteiger partial charge on any atom is -0.496 e. The van der Waals surface area contributed by atoms with Gasteiger partial charge in [-0.05, 0) is 30.3 Å². The van der Waals surface area contributed by atoms with Crippen molar-refractivity contribution in [3.63, 3.8) is 0 Å². The SMILES string of the molecule is COc1ccccc1Cn1c(COc2ccccc2OC)nc2ccccc21. The van der Waals surface area contributed by atoms with Crippen molar-refractivity contribution in [2.45, 2.75) is 13.2 Å². The number of aromatic nitrogens is 2. The van der Waals surface area contributed by atoms with Crippen LogP contribution in [0, 0.1) is 0 Å². The fraction of sp³-hybridized carbons (Fsp3) is 0.174. The molecular weight excluding hydrogens is 352 g/mol. The molecule has 5 heteroatoms. The zero-order valence-corrected chi connectivity index (χ0v) is 16.0. The monoisotopic (exact) mass is 374 g/mol. The Hall–Kier alpha value is -3.47. The second-order valence-electron chi connectivity index (χ2n) is 6.35. The molecule has 4 rings (SSSR count). The Balaban J connectivity index is 1.69. The average molecular weight is 374 g/mol. The van der Waals surface area contributed by atoms with Crippen LogP contribution in [0.1, 0.15) is 11.4 Å². The molecule has 1 aromatic heterocycles. The van der Waals surface area contributed by atoms with Crippen LogP contribution in [-0.2, 0) is 13.2 Å². The number of benzene rings is 3. The molecule has 4 aromatic rings. The van der Waals surface area contributed by atoms with Gasteiger partial charge in [0.2, 0.25) is 0 Å². The van der Waals surface area contributed by atoms with Crippen molar-refractivity contribution in [3.8, 4) is 17.2 Å². The maximum atomic E-state index is 6.04. The lowest BCUT2D eigenvalue weighted by molar-refractivity contribution is 0.272. The summed E-state index contributed by atoms with van der Waals surface area (Å²) < 4.78 is 19.1. The number of hydrogen-bond donors (Lipinski definition) is 0. The molecule has 0 aliphatic rings. The van der Waals surface area contributed by atoms with Gasteiger partial charge in [-0.1, -0.05) is 42.5 Å². The smallest absolute Gasteiger partial charge is 0.161 e. The van der Waals surface area contributed by atoms with Crippen LogP contribution >= 0.6 is 0 Å². The lowest BCUT2D eigenvalue weighted by atomic mass is 10.2. The summed E-state index contributed by atoms with van der Waals surface area (Å²) in [5, 5.41) is 0. The summed E-state index contributed by atoms with van der Waals surface area (Å²) in [6.45, 7) is 0.985. The normalized spacial score (nSPS) is 10.8. The number of rotatable bonds is 7. The van der Waals surface area contributed by atoms with E-state index < -0.39 is 0 Å². The van der Waals surface area contributed by atoms with E-state index in [9.17, 15) is 0 Å². The first-order chi connectivity index (χ1) is 13.8. The van der Waals surface area contributed by atoms with Gasteiger partial charge in [0.05, 0.1) is 31.8 Å². The van der Waals surface area contributed by atoms with Crippen LogP contribution < -0.4 is 14.2 Å². The Morgan fingerprint density at radius 3 is 2.18 bits per heavy atom. The van der Waals surface area contributed by atoms with Crippen LogP contribution in [0.5, 0.6) is 17.2 Å². The number of para-hydroxylation sites is 5. The second kappa shape index (κ2) is 8.05. The van der Waals surface area contributed by atoms with Crippen LogP contribution in [0.2, 0.25) is 0 Å². The summed E-state index contributed by atoms with van der Waals surface area (Å²) in [4.78, 5) is 4.79. The fourth-order valence-corrected chi connectivity index (χ4v) is 3.30. The van der Waals surface area contributed by atoms with Gasteiger partial charge in [0, 0.05) is 5.56 Å². The summed E-state index contributed by atoms with van der Waals surface area (Å²) in [6, 6.07) is 23.8. The second-order valence-corrected chi connectivity index (χ2v) is 6.35. The van der Waals surface area contributed by atoms with E-state index >= 15 is 0 Å². The molecule has 0 bridgehead atoms. The van der Waals surface area contributed by atoms with Crippen molar-refractivity contribution in [1.29, 1.82) is 0 Å². The highest BCUT2D eigenvalue weighted by atomic mass is 16.5. The third-order valence-corrected chi connectivity index (χ3v) is 4.68. The Kier molecular flexibility index (Phi) is 5.15. The quantitative estimate of drug-likeness (QED) is 0.471. The van der Waals surface area contributed by atoms with E-state index in [-0.39, 0.29) is 0 Å². The van der Waals surface area contributed by atoms with Crippen LogP contribution in [0.4, 0.5) is 0 Å². The highest BCUT2D eigenvalue weighted by molar-refractivity contribution is 5.76. The molecule has 5 nitrogen and oxygen atoms in total. The molecule has 0 radical (unpaired) electrons. The van der Waals surface area contributed by atoms with Crippen molar-refractivity contribution in [2.75, 3.05) is 14.2 Å². The number of imidazole rings is 1. The summed E-state index contributed by atoms with van der Waals surface area (Å²) in [6.07, 6.45) is 0. The molecule has 28 heavy (non-hydrogen) atoms. The first kappa shape index (κ1) is 17.9. The summed E-state index contributed by atoms with van der Waals surface area (Å²) in [5.41, 5.74) is 3.09. The minimum atomic E-state index is 0.338. The standard InChI is InChI=1S/C23H22N2O3/c1-26-20-12-6-3-9-17(20)15-25-19-11-5-4-10-18(19)24-23(25)16-28-22-14-8-7-13-21(22)27-2/h3-14H,15-16H2,1-2H3. The molecule has 0 atom stereocenters. The minimum absolute atomic E-state index is 0.338. The zero-order valence-electron chi connectivity index (χ0n) is 16.0. The van der Waals surface area contributed by atoms with Gasteiger partial charge in [0.15, 0.2) is 11.5 Å².